The zero-order valence-electron chi connectivity index (χ0n) is 18.9. The molecule has 3 aromatic rings. The summed E-state index contributed by atoms with van der Waals surface area (Å²) in [6, 6.07) is 15.8. The smallest absolute Gasteiger partial charge is 0.251 e. The molecule has 7 heteroatoms. The van der Waals surface area contributed by atoms with Gasteiger partial charge >= 0.3 is 0 Å². The number of aromatic nitrogens is 2. The maximum atomic E-state index is 11.8. The van der Waals surface area contributed by atoms with Crippen molar-refractivity contribution in [2.24, 2.45) is 7.05 Å². The van der Waals surface area contributed by atoms with Gasteiger partial charge < -0.3 is 19.4 Å². The molecule has 1 N–H and O–H groups in total. The summed E-state index contributed by atoms with van der Waals surface area (Å²) < 4.78 is 13.2. The number of hydrogen-bond acceptors (Lipinski definition) is 5. The van der Waals surface area contributed by atoms with Crippen molar-refractivity contribution < 1.29 is 14.3 Å². The summed E-state index contributed by atoms with van der Waals surface area (Å²) in [5.74, 6) is 1.76. The predicted molar refractivity (Wildman–Crippen MR) is 124 cm³/mol. The molecule has 0 bridgehead atoms. The summed E-state index contributed by atoms with van der Waals surface area (Å²) in [6.07, 6.45) is 0.909. The van der Waals surface area contributed by atoms with Crippen LogP contribution in [0.3, 0.4) is 0 Å². The minimum atomic E-state index is -0.0854. The molecular weight excluding hydrogens is 404 g/mol. The van der Waals surface area contributed by atoms with E-state index in [1.54, 1.807) is 14.2 Å². The van der Waals surface area contributed by atoms with Crippen LogP contribution in [0, 0.1) is 0 Å². The molecule has 1 aromatic heterocycles. The molecule has 2 heterocycles. The highest BCUT2D eigenvalue weighted by Crippen LogP contribution is 2.28. The van der Waals surface area contributed by atoms with Gasteiger partial charge in [-0.15, -0.1) is 0 Å². The zero-order valence-corrected chi connectivity index (χ0v) is 18.9. The number of nitrogens with one attached hydrogen (secondary N) is 1. The molecule has 0 saturated carbocycles. The van der Waals surface area contributed by atoms with Crippen molar-refractivity contribution >= 4 is 5.91 Å². The molecule has 0 radical (unpaired) electrons. The van der Waals surface area contributed by atoms with Gasteiger partial charge in [0.15, 0.2) is 0 Å². The fourth-order valence-corrected chi connectivity index (χ4v) is 4.10. The second-order valence-corrected chi connectivity index (χ2v) is 7.95. The molecule has 0 fully saturated rings. The van der Waals surface area contributed by atoms with Gasteiger partial charge in [-0.1, -0.05) is 30.3 Å². The van der Waals surface area contributed by atoms with Gasteiger partial charge in [0.2, 0.25) is 0 Å². The van der Waals surface area contributed by atoms with Crippen molar-refractivity contribution in [3.8, 4) is 17.1 Å². The number of carbonyl (C=O) groups excluding carboxylic acids is 1. The number of carbonyl (C=O) groups is 1. The summed E-state index contributed by atoms with van der Waals surface area (Å²) in [5, 5.41) is 2.65. The standard InChI is InChI=1S/C25H30N4O3/c1-26-25(30)19-10-8-18(9-11-19)24-27-21-12-13-29(17-22(21)28(24)2)16-20-6-4-5-7-23(20)32-15-14-31-3/h4-11H,12-17H2,1-3H3,(H,26,30). The van der Waals surface area contributed by atoms with Gasteiger partial charge in [-0.25, -0.2) is 4.98 Å². The van der Waals surface area contributed by atoms with Crippen LogP contribution >= 0.6 is 0 Å². The Hall–Kier alpha value is -3.16. The first-order valence-corrected chi connectivity index (χ1v) is 10.9. The second-order valence-electron chi connectivity index (χ2n) is 7.95. The van der Waals surface area contributed by atoms with Gasteiger partial charge in [-0.2, -0.15) is 0 Å². The molecule has 1 amide bonds. The third-order valence-corrected chi connectivity index (χ3v) is 5.88. The first kappa shape index (κ1) is 22.0. The van der Waals surface area contributed by atoms with Crippen LogP contribution in [-0.4, -0.2) is 54.3 Å². The average Bonchev–Trinajstić information content (AvgIpc) is 3.16. The van der Waals surface area contributed by atoms with Crippen LogP contribution in [0.25, 0.3) is 11.4 Å². The molecule has 4 rings (SSSR count). The summed E-state index contributed by atoms with van der Waals surface area (Å²) in [7, 11) is 5.39. The first-order valence-electron chi connectivity index (χ1n) is 10.9. The van der Waals surface area contributed by atoms with Gasteiger partial charge in [0.1, 0.15) is 18.2 Å². The van der Waals surface area contributed by atoms with Crippen molar-refractivity contribution in [3.63, 3.8) is 0 Å². The SMILES string of the molecule is CNC(=O)c1ccc(-c2nc3c(n2C)CN(Cc2ccccc2OCCOC)CC3)cc1. The predicted octanol–water partition coefficient (Wildman–Crippen LogP) is 3.03. The Morgan fingerprint density at radius 1 is 1.12 bits per heavy atom. The van der Waals surface area contributed by atoms with Crippen LogP contribution in [0.5, 0.6) is 5.75 Å². The summed E-state index contributed by atoms with van der Waals surface area (Å²) in [6.45, 7) is 3.72. The maximum Gasteiger partial charge on any atom is 0.251 e. The van der Waals surface area contributed by atoms with E-state index in [2.05, 4.69) is 34.0 Å². The number of nitrogens with zero attached hydrogens (tertiary/aromatic N) is 3. The monoisotopic (exact) mass is 434 g/mol. The molecule has 168 valence electrons. The molecular formula is C25H30N4O3. The highest BCUT2D eigenvalue weighted by atomic mass is 16.5. The van der Waals surface area contributed by atoms with E-state index in [0.29, 0.717) is 18.8 Å². The Kier molecular flexibility index (Phi) is 6.87. The van der Waals surface area contributed by atoms with Gasteiger partial charge in [0, 0.05) is 64.0 Å². The molecule has 0 unspecified atom stereocenters. The number of amides is 1. The number of para-hydroxylation sites is 1. The van der Waals surface area contributed by atoms with E-state index in [9.17, 15) is 4.79 Å². The topological polar surface area (TPSA) is 68.6 Å². The Labute approximate surface area is 189 Å². The summed E-state index contributed by atoms with van der Waals surface area (Å²) >= 11 is 0. The third-order valence-electron chi connectivity index (χ3n) is 5.88. The highest BCUT2D eigenvalue weighted by molar-refractivity contribution is 5.94. The number of methoxy groups -OCH3 is 1. The number of fused-ring (bicyclic) bond motifs is 1. The van der Waals surface area contributed by atoms with E-state index in [4.69, 9.17) is 14.5 Å². The fourth-order valence-electron chi connectivity index (χ4n) is 4.10. The number of rotatable bonds is 8. The molecule has 1 aliphatic heterocycles. The van der Waals surface area contributed by atoms with E-state index >= 15 is 0 Å². The number of ether oxygens (including phenoxy) is 2. The van der Waals surface area contributed by atoms with E-state index < -0.39 is 0 Å². The lowest BCUT2D eigenvalue weighted by Gasteiger charge is -2.27. The molecule has 2 aromatic carbocycles. The van der Waals surface area contributed by atoms with Crippen molar-refractivity contribution in [1.82, 2.24) is 19.8 Å². The van der Waals surface area contributed by atoms with Crippen LogP contribution in [0.4, 0.5) is 0 Å². The van der Waals surface area contributed by atoms with E-state index in [-0.39, 0.29) is 5.91 Å². The van der Waals surface area contributed by atoms with Crippen molar-refractivity contribution in [3.05, 3.63) is 71.0 Å². The van der Waals surface area contributed by atoms with Crippen molar-refractivity contribution in [2.45, 2.75) is 19.5 Å². The quantitative estimate of drug-likeness (QED) is 0.552. The normalized spacial score (nSPS) is 13.6. The Balaban J connectivity index is 1.49. The summed E-state index contributed by atoms with van der Waals surface area (Å²) in [5.41, 5.74) is 5.23. The molecule has 0 aliphatic carbocycles. The minimum absolute atomic E-state index is 0.0854. The molecule has 0 atom stereocenters. The van der Waals surface area contributed by atoms with Crippen LogP contribution in [0.1, 0.15) is 27.3 Å². The van der Waals surface area contributed by atoms with Crippen LogP contribution in [-0.2, 0) is 31.3 Å². The van der Waals surface area contributed by atoms with Crippen LogP contribution in [0.15, 0.2) is 48.5 Å². The fraction of sp³-hybridized carbons (Fsp3) is 0.360. The second kappa shape index (κ2) is 9.97. The van der Waals surface area contributed by atoms with E-state index in [1.807, 2.05) is 36.4 Å². The number of benzene rings is 2. The minimum Gasteiger partial charge on any atom is -0.491 e. The number of imidazole rings is 1. The molecule has 32 heavy (non-hydrogen) atoms. The maximum absolute atomic E-state index is 11.8. The number of hydrogen-bond donors (Lipinski definition) is 1. The Morgan fingerprint density at radius 2 is 1.91 bits per heavy atom. The third kappa shape index (κ3) is 4.69. The van der Waals surface area contributed by atoms with Gasteiger partial charge in [0.05, 0.1) is 18.0 Å². The Morgan fingerprint density at radius 3 is 2.66 bits per heavy atom. The van der Waals surface area contributed by atoms with E-state index in [1.165, 1.54) is 11.3 Å². The van der Waals surface area contributed by atoms with Crippen molar-refractivity contribution in [2.75, 3.05) is 33.9 Å². The molecule has 7 nitrogen and oxygen atoms in total. The van der Waals surface area contributed by atoms with Gasteiger partial charge in [0.25, 0.3) is 5.91 Å². The Bertz CT molecular complexity index is 1080. The molecule has 1 aliphatic rings. The van der Waals surface area contributed by atoms with Crippen molar-refractivity contribution in [1.29, 1.82) is 0 Å². The van der Waals surface area contributed by atoms with E-state index in [0.717, 1.165) is 48.9 Å². The lowest BCUT2D eigenvalue weighted by Crippen LogP contribution is -2.31. The van der Waals surface area contributed by atoms with Gasteiger partial charge in [-0.05, 0) is 18.2 Å². The van der Waals surface area contributed by atoms with Crippen LogP contribution < -0.4 is 10.1 Å². The van der Waals surface area contributed by atoms with Gasteiger partial charge in [-0.3, -0.25) is 9.69 Å². The highest BCUT2D eigenvalue weighted by Gasteiger charge is 2.24. The molecule has 0 saturated heterocycles. The average molecular weight is 435 g/mol. The first-order chi connectivity index (χ1) is 15.6. The molecule has 0 spiro atoms. The lowest BCUT2D eigenvalue weighted by molar-refractivity contribution is 0.0963. The largest absolute Gasteiger partial charge is 0.491 e. The zero-order chi connectivity index (χ0) is 22.5. The lowest BCUT2D eigenvalue weighted by atomic mass is 10.1. The van der Waals surface area contributed by atoms with Crippen LogP contribution in [0.2, 0.25) is 0 Å². The summed E-state index contributed by atoms with van der Waals surface area (Å²) in [4.78, 5) is 19.2.